The molecular formula is C12H19N3O. The van der Waals surface area contributed by atoms with Crippen LogP contribution in [-0.2, 0) is 7.05 Å². The number of carbonyl (C=O) groups is 1. The fraction of sp³-hybridized carbons (Fsp3) is 0.667. The highest BCUT2D eigenvalue weighted by Crippen LogP contribution is 2.39. The second-order valence-corrected chi connectivity index (χ2v) is 4.92. The van der Waals surface area contributed by atoms with Crippen molar-refractivity contribution < 1.29 is 4.79 Å². The highest BCUT2D eigenvalue weighted by molar-refractivity contribution is 5.84. The van der Waals surface area contributed by atoms with Gasteiger partial charge in [0.25, 0.3) is 0 Å². The van der Waals surface area contributed by atoms with Gasteiger partial charge in [0.05, 0.1) is 11.3 Å². The fourth-order valence-electron chi connectivity index (χ4n) is 2.34. The van der Waals surface area contributed by atoms with Gasteiger partial charge >= 0.3 is 0 Å². The number of carbonyl (C=O) groups excluding carboxylic acids is 1. The molecule has 1 aliphatic rings. The number of hydrogen-bond acceptors (Lipinski definition) is 3. The maximum atomic E-state index is 11.1. The van der Waals surface area contributed by atoms with E-state index in [9.17, 15) is 4.79 Å². The van der Waals surface area contributed by atoms with Crippen LogP contribution in [0.5, 0.6) is 0 Å². The number of hydrogen-bond donors (Lipinski definition) is 0. The van der Waals surface area contributed by atoms with E-state index in [0.717, 1.165) is 41.7 Å². The van der Waals surface area contributed by atoms with Gasteiger partial charge in [0.1, 0.15) is 5.82 Å². The summed E-state index contributed by atoms with van der Waals surface area (Å²) in [4.78, 5) is 13.2. The van der Waals surface area contributed by atoms with Gasteiger partial charge in [-0.3, -0.25) is 9.48 Å². The van der Waals surface area contributed by atoms with Crippen LogP contribution in [0, 0.1) is 18.8 Å². The molecule has 0 radical (unpaired) electrons. The molecule has 1 fully saturated rings. The topological polar surface area (TPSA) is 38.1 Å². The highest BCUT2D eigenvalue weighted by atomic mass is 16.1. The molecule has 0 saturated heterocycles. The molecule has 16 heavy (non-hydrogen) atoms. The Morgan fingerprint density at radius 3 is 2.75 bits per heavy atom. The van der Waals surface area contributed by atoms with E-state index in [1.807, 2.05) is 21.0 Å². The zero-order chi connectivity index (χ0) is 11.9. The van der Waals surface area contributed by atoms with Gasteiger partial charge in [-0.25, -0.2) is 0 Å². The van der Waals surface area contributed by atoms with Crippen molar-refractivity contribution in [1.29, 1.82) is 0 Å². The Kier molecular flexibility index (Phi) is 2.74. The largest absolute Gasteiger partial charge is 0.359 e. The Morgan fingerprint density at radius 2 is 2.25 bits per heavy atom. The minimum absolute atomic E-state index is 0.721. The summed E-state index contributed by atoms with van der Waals surface area (Å²) in [6.07, 6.45) is 2.21. The van der Waals surface area contributed by atoms with E-state index in [0.29, 0.717) is 0 Å². The minimum Gasteiger partial charge on any atom is -0.359 e. The van der Waals surface area contributed by atoms with Crippen LogP contribution >= 0.6 is 0 Å². The van der Waals surface area contributed by atoms with Crippen molar-refractivity contribution in [3.63, 3.8) is 0 Å². The maximum absolute atomic E-state index is 11.1. The second-order valence-electron chi connectivity index (χ2n) is 4.92. The number of aryl methyl sites for hydroxylation is 2. The van der Waals surface area contributed by atoms with Crippen molar-refractivity contribution in [3.05, 3.63) is 11.3 Å². The number of aromatic nitrogens is 2. The molecule has 1 saturated carbocycles. The number of nitrogens with zero attached hydrogens (tertiary/aromatic N) is 3. The average Bonchev–Trinajstić information content (AvgIpc) is 2.79. The lowest BCUT2D eigenvalue weighted by Gasteiger charge is -2.19. The SMILES string of the molecule is Cc1nn(C)c(N(C)CC2CC2C)c1C=O. The van der Waals surface area contributed by atoms with Gasteiger partial charge in [0, 0.05) is 20.6 Å². The minimum atomic E-state index is 0.721. The van der Waals surface area contributed by atoms with E-state index in [2.05, 4.69) is 16.9 Å². The Labute approximate surface area is 96.2 Å². The first-order valence-electron chi connectivity index (χ1n) is 5.74. The molecule has 88 valence electrons. The molecule has 0 amide bonds. The number of aldehydes is 1. The lowest BCUT2D eigenvalue weighted by Crippen LogP contribution is -2.24. The van der Waals surface area contributed by atoms with Gasteiger partial charge in [0.15, 0.2) is 6.29 Å². The molecule has 4 nitrogen and oxygen atoms in total. The normalized spacial score (nSPS) is 23.2. The van der Waals surface area contributed by atoms with E-state index < -0.39 is 0 Å². The highest BCUT2D eigenvalue weighted by Gasteiger charge is 2.34. The average molecular weight is 221 g/mol. The van der Waals surface area contributed by atoms with Crippen molar-refractivity contribution in [2.45, 2.75) is 20.3 Å². The summed E-state index contributed by atoms with van der Waals surface area (Å²) in [5, 5.41) is 4.29. The predicted molar refractivity (Wildman–Crippen MR) is 63.9 cm³/mol. The Balaban J connectivity index is 2.21. The van der Waals surface area contributed by atoms with Gasteiger partial charge in [-0.1, -0.05) is 6.92 Å². The molecule has 0 N–H and O–H groups in total. The van der Waals surface area contributed by atoms with E-state index in [1.165, 1.54) is 6.42 Å². The van der Waals surface area contributed by atoms with Crippen LogP contribution in [0.4, 0.5) is 5.82 Å². The zero-order valence-electron chi connectivity index (χ0n) is 10.4. The van der Waals surface area contributed by atoms with Crippen LogP contribution < -0.4 is 4.90 Å². The molecular weight excluding hydrogens is 202 g/mol. The molecule has 1 heterocycles. The summed E-state index contributed by atoms with van der Waals surface area (Å²) < 4.78 is 1.80. The van der Waals surface area contributed by atoms with Crippen LogP contribution in [0.25, 0.3) is 0 Å². The summed E-state index contributed by atoms with van der Waals surface area (Å²) in [5.74, 6) is 2.54. The Bertz CT molecular complexity index is 411. The predicted octanol–water partition coefficient (Wildman–Crippen LogP) is 1.63. The lowest BCUT2D eigenvalue weighted by atomic mass is 10.2. The van der Waals surface area contributed by atoms with E-state index in [4.69, 9.17) is 0 Å². The molecule has 1 aromatic heterocycles. The molecule has 0 aliphatic heterocycles. The molecule has 2 unspecified atom stereocenters. The Hall–Kier alpha value is -1.32. The van der Waals surface area contributed by atoms with Crippen molar-refractivity contribution in [2.75, 3.05) is 18.5 Å². The van der Waals surface area contributed by atoms with Crippen LogP contribution in [0.1, 0.15) is 29.4 Å². The smallest absolute Gasteiger partial charge is 0.155 e. The first kappa shape index (κ1) is 11.2. The summed E-state index contributed by atoms with van der Waals surface area (Å²) in [6, 6.07) is 0. The molecule has 2 rings (SSSR count). The van der Waals surface area contributed by atoms with Crippen molar-refractivity contribution in [1.82, 2.24) is 9.78 Å². The molecule has 4 heteroatoms. The van der Waals surface area contributed by atoms with E-state index in [1.54, 1.807) is 4.68 Å². The van der Waals surface area contributed by atoms with Gasteiger partial charge < -0.3 is 4.90 Å². The number of anilines is 1. The Morgan fingerprint density at radius 1 is 1.62 bits per heavy atom. The third kappa shape index (κ3) is 1.84. The fourth-order valence-corrected chi connectivity index (χ4v) is 2.34. The first-order valence-corrected chi connectivity index (χ1v) is 5.74. The number of rotatable bonds is 4. The van der Waals surface area contributed by atoms with Crippen LogP contribution in [0.2, 0.25) is 0 Å². The molecule has 0 aromatic carbocycles. The quantitative estimate of drug-likeness (QED) is 0.725. The zero-order valence-corrected chi connectivity index (χ0v) is 10.4. The van der Waals surface area contributed by atoms with Crippen molar-refractivity contribution in [2.24, 2.45) is 18.9 Å². The summed E-state index contributed by atoms with van der Waals surface area (Å²) >= 11 is 0. The molecule has 0 spiro atoms. The van der Waals surface area contributed by atoms with Gasteiger partial charge in [-0.15, -0.1) is 0 Å². The van der Waals surface area contributed by atoms with Gasteiger partial charge in [0.2, 0.25) is 0 Å². The lowest BCUT2D eigenvalue weighted by molar-refractivity contribution is 0.112. The third-order valence-electron chi connectivity index (χ3n) is 3.50. The first-order chi connectivity index (χ1) is 7.54. The van der Waals surface area contributed by atoms with E-state index in [-0.39, 0.29) is 0 Å². The van der Waals surface area contributed by atoms with Crippen LogP contribution in [-0.4, -0.2) is 29.7 Å². The molecule has 2 atom stereocenters. The monoisotopic (exact) mass is 221 g/mol. The van der Waals surface area contributed by atoms with Gasteiger partial charge in [-0.2, -0.15) is 5.10 Å². The third-order valence-corrected chi connectivity index (χ3v) is 3.50. The summed E-state index contributed by atoms with van der Waals surface area (Å²) in [6.45, 7) is 5.16. The van der Waals surface area contributed by atoms with Gasteiger partial charge in [-0.05, 0) is 25.2 Å². The summed E-state index contributed by atoms with van der Waals surface area (Å²) in [7, 11) is 3.93. The summed E-state index contributed by atoms with van der Waals surface area (Å²) in [5.41, 5.74) is 1.53. The van der Waals surface area contributed by atoms with E-state index >= 15 is 0 Å². The van der Waals surface area contributed by atoms with Crippen LogP contribution in [0.3, 0.4) is 0 Å². The maximum Gasteiger partial charge on any atom is 0.155 e. The van der Waals surface area contributed by atoms with Crippen molar-refractivity contribution >= 4 is 12.1 Å². The molecule has 1 aromatic rings. The standard InChI is InChI=1S/C12H19N3O/c1-8-5-10(8)6-14(3)12-11(7-16)9(2)13-15(12)4/h7-8,10H,5-6H2,1-4H3. The van der Waals surface area contributed by atoms with Crippen LogP contribution in [0.15, 0.2) is 0 Å². The second kappa shape index (κ2) is 3.92. The van der Waals surface area contributed by atoms with Crippen molar-refractivity contribution in [3.8, 4) is 0 Å². The molecule has 0 bridgehead atoms. The molecule has 1 aliphatic carbocycles.